The van der Waals surface area contributed by atoms with Crippen molar-refractivity contribution in [3.8, 4) is 0 Å². The molecule has 176 valence electrons. The Kier molecular flexibility index (Phi) is 8.33. The summed E-state index contributed by atoms with van der Waals surface area (Å²) in [7, 11) is 0. The van der Waals surface area contributed by atoms with Crippen molar-refractivity contribution in [1.82, 2.24) is 10.2 Å². The normalized spacial score (nSPS) is 19.3. The van der Waals surface area contributed by atoms with Gasteiger partial charge in [0.15, 0.2) is 5.78 Å². The fourth-order valence-corrected chi connectivity index (χ4v) is 5.37. The third-order valence-corrected chi connectivity index (χ3v) is 7.48. The molecule has 1 N–H and O–H groups in total. The van der Waals surface area contributed by atoms with Crippen molar-refractivity contribution in [3.63, 3.8) is 0 Å². The van der Waals surface area contributed by atoms with Crippen LogP contribution >= 0.6 is 0 Å². The Morgan fingerprint density at radius 2 is 1.82 bits per heavy atom. The number of Topliss-reactive ketones (excluding diaryl/α,β-unsaturated/α-hetero) is 1. The van der Waals surface area contributed by atoms with E-state index in [2.05, 4.69) is 47.5 Å². The van der Waals surface area contributed by atoms with Crippen LogP contribution in [0.5, 0.6) is 0 Å². The predicted octanol–water partition coefficient (Wildman–Crippen LogP) is 5.62. The molecule has 0 aromatic heterocycles. The molecule has 2 aromatic rings. The Morgan fingerprint density at radius 3 is 2.58 bits per heavy atom. The molecule has 1 fully saturated rings. The first-order chi connectivity index (χ1) is 16.2. The second kappa shape index (κ2) is 11.6. The fraction of sp³-hybridized carbons (Fsp3) is 0.517. The maximum absolute atomic E-state index is 13.1. The van der Waals surface area contributed by atoms with Crippen LogP contribution in [0.2, 0.25) is 0 Å². The molecule has 4 rings (SSSR count). The quantitative estimate of drug-likeness (QED) is 0.509. The van der Waals surface area contributed by atoms with Crippen molar-refractivity contribution in [1.29, 1.82) is 0 Å². The third kappa shape index (κ3) is 6.11. The standard InChI is InChI=1S/C29H38N2O2/c1-2-3-7-17-30-29(33)26-12-13-27-25(21-26)11-10-24(28(27)32)16-20-31-18-14-23(15-19-31)22-8-5-4-6-9-22/h4-6,8-9,12-13,21,23-24H,2-3,7,10-11,14-20H2,1H3,(H,30,33). The molecule has 0 bridgehead atoms. The largest absolute Gasteiger partial charge is 0.352 e. The maximum atomic E-state index is 13.1. The van der Waals surface area contributed by atoms with Gasteiger partial charge < -0.3 is 10.2 Å². The molecule has 1 amide bonds. The van der Waals surface area contributed by atoms with Crippen molar-refractivity contribution in [2.75, 3.05) is 26.2 Å². The monoisotopic (exact) mass is 446 g/mol. The molecule has 0 spiro atoms. The van der Waals surface area contributed by atoms with Crippen molar-refractivity contribution in [3.05, 3.63) is 70.8 Å². The molecule has 1 heterocycles. The summed E-state index contributed by atoms with van der Waals surface area (Å²) >= 11 is 0. The van der Waals surface area contributed by atoms with Gasteiger partial charge in [-0.1, -0.05) is 56.2 Å². The van der Waals surface area contributed by atoms with E-state index in [1.54, 1.807) is 0 Å². The van der Waals surface area contributed by atoms with E-state index < -0.39 is 0 Å². The third-order valence-electron chi connectivity index (χ3n) is 7.48. The summed E-state index contributed by atoms with van der Waals surface area (Å²) in [6.45, 7) is 6.11. The van der Waals surface area contributed by atoms with E-state index in [1.807, 2.05) is 18.2 Å². The summed E-state index contributed by atoms with van der Waals surface area (Å²) in [4.78, 5) is 28.1. The maximum Gasteiger partial charge on any atom is 0.251 e. The molecule has 1 atom stereocenters. The van der Waals surface area contributed by atoms with Gasteiger partial charge in [-0.2, -0.15) is 0 Å². The number of aryl methyl sites for hydroxylation is 1. The highest BCUT2D eigenvalue weighted by molar-refractivity contribution is 6.02. The number of carbonyl (C=O) groups excluding carboxylic acids is 2. The number of fused-ring (bicyclic) bond motifs is 1. The zero-order valence-electron chi connectivity index (χ0n) is 20.0. The molecule has 1 unspecified atom stereocenters. The van der Waals surface area contributed by atoms with E-state index >= 15 is 0 Å². The van der Waals surface area contributed by atoms with Crippen LogP contribution in [0.3, 0.4) is 0 Å². The summed E-state index contributed by atoms with van der Waals surface area (Å²) in [5.74, 6) is 1.02. The Balaban J connectivity index is 1.26. The second-order valence-corrected chi connectivity index (χ2v) is 9.75. The first-order valence-corrected chi connectivity index (χ1v) is 12.9. The number of hydrogen-bond acceptors (Lipinski definition) is 3. The van der Waals surface area contributed by atoms with E-state index in [1.165, 1.54) is 18.4 Å². The summed E-state index contributed by atoms with van der Waals surface area (Å²) in [5, 5.41) is 3.00. The number of nitrogens with zero attached hydrogens (tertiary/aromatic N) is 1. The van der Waals surface area contributed by atoms with Gasteiger partial charge in [-0.3, -0.25) is 9.59 Å². The van der Waals surface area contributed by atoms with Gasteiger partial charge in [0.25, 0.3) is 5.91 Å². The van der Waals surface area contributed by atoms with Crippen LogP contribution in [0.25, 0.3) is 0 Å². The number of amides is 1. The topological polar surface area (TPSA) is 49.4 Å². The lowest BCUT2D eigenvalue weighted by molar-refractivity contribution is 0.0875. The molecule has 4 heteroatoms. The van der Waals surface area contributed by atoms with E-state index in [-0.39, 0.29) is 17.6 Å². The van der Waals surface area contributed by atoms with E-state index in [9.17, 15) is 9.59 Å². The van der Waals surface area contributed by atoms with Gasteiger partial charge in [-0.15, -0.1) is 0 Å². The lowest BCUT2D eigenvalue weighted by Gasteiger charge is -2.33. The number of benzene rings is 2. The first-order valence-electron chi connectivity index (χ1n) is 12.9. The lowest BCUT2D eigenvalue weighted by atomic mass is 9.80. The second-order valence-electron chi connectivity index (χ2n) is 9.75. The summed E-state index contributed by atoms with van der Waals surface area (Å²) in [6.07, 6.45) is 8.41. The highest BCUT2D eigenvalue weighted by Gasteiger charge is 2.29. The molecule has 2 aliphatic rings. The van der Waals surface area contributed by atoms with Crippen molar-refractivity contribution >= 4 is 11.7 Å². The zero-order chi connectivity index (χ0) is 23.0. The molecule has 2 aromatic carbocycles. The van der Waals surface area contributed by atoms with Crippen LogP contribution in [-0.2, 0) is 6.42 Å². The van der Waals surface area contributed by atoms with Crippen LogP contribution in [0.1, 0.15) is 89.6 Å². The highest BCUT2D eigenvalue weighted by Crippen LogP contribution is 2.31. The predicted molar refractivity (Wildman–Crippen MR) is 134 cm³/mol. The number of piperidine rings is 1. The van der Waals surface area contributed by atoms with E-state index in [4.69, 9.17) is 0 Å². The van der Waals surface area contributed by atoms with Gasteiger partial charge >= 0.3 is 0 Å². The number of rotatable bonds is 9. The minimum atomic E-state index is -0.0256. The van der Waals surface area contributed by atoms with Crippen molar-refractivity contribution in [2.45, 2.75) is 64.2 Å². The molecule has 33 heavy (non-hydrogen) atoms. The van der Waals surface area contributed by atoms with Gasteiger partial charge in [-0.05, 0) is 87.3 Å². The van der Waals surface area contributed by atoms with Crippen LogP contribution < -0.4 is 5.32 Å². The Bertz CT molecular complexity index is 932. The summed E-state index contributed by atoms with van der Waals surface area (Å²) in [5.41, 5.74) is 4.01. The average molecular weight is 447 g/mol. The number of likely N-dealkylation sites (tertiary alicyclic amines) is 1. The number of nitrogens with one attached hydrogen (secondary N) is 1. The number of carbonyl (C=O) groups is 2. The molecule has 0 radical (unpaired) electrons. The first kappa shape index (κ1) is 23.7. The summed E-state index contributed by atoms with van der Waals surface area (Å²) < 4.78 is 0. The number of ketones is 1. The van der Waals surface area contributed by atoms with Gasteiger partial charge in [0.2, 0.25) is 0 Å². The minimum Gasteiger partial charge on any atom is -0.352 e. The van der Waals surface area contributed by atoms with E-state index in [0.717, 1.165) is 69.3 Å². The minimum absolute atomic E-state index is 0.0256. The van der Waals surface area contributed by atoms with Crippen LogP contribution in [0.15, 0.2) is 48.5 Å². The van der Waals surface area contributed by atoms with E-state index in [0.29, 0.717) is 18.0 Å². The molecule has 1 aliphatic carbocycles. The Hall–Kier alpha value is -2.46. The van der Waals surface area contributed by atoms with Crippen LogP contribution in [-0.4, -0.2) is 42.8 Å². The molecule has 4 nitrogen and oxygen atoms in total. The lowest BCUT2D eigenvalue weighted by Crippen LogP contribution is -2.35. The molecular weight excluding hydrogens is 408 g/mol. The Labute approximate surface area is 198 Å². The van der Waals surface area contributed by atoms with Crippen LogP contribution in [0.4, 0.5) is 0 Å². The molecule has 0 saturated carbocycles. The SMILES string of the molecule is CCCCCNC(=O)c1ccc2c(c1)CCC(CCN1CCC(c3ccccc3)CC1)C2=O. The average Bonchev–Trinajstić information content (AvgIpc) is 2.87. The van der Waals surface area contributed by atoms with Crippen molar-refractivity contribution < 1.29 is 9.59 Å². The number of hydrogen-bond donors (Lipinski definition) is 1. The molecule has 1 aliphatic heterocycles. The van der Waals surface area contributed by atoms with Crippen molar-refractivity contribution in [2.24, 2.45) is 5.92 Å². The fourth-order valence-electron chi connectivity index (χ4n) is 5.37. The summed E-state index contributed by atoms with van der Waals surface area (Å²) in [6, 6.07) is 16.5. The molecular formula is C29H38N2O2. The van der Waals surface area contributed by atoms with Crippen LogP contribution in [0, 0.1) is 5.92 Å². The molecule has 1 saturated heterocycles. The smallest absolute Gasteiger partial charge is 0.251 e. The van der Waals surface area contributed by atoms with Gasteiger partial charge in [0.1, 0.15) is 0 Å². The zero-order valence-corrected chi connectivity index (χ0v) is 20.0. The van der Waals surface area contributed by atoms with Gasteiger partial charge in [-0.25, -0.2) is 0 Å². The number of unbranched alkanes of at least 4 members (excludes halogenated alkanes) is 2. The van der Waals surface area contributed by atoms with Gasteiger partial charge in [0.05, 0.1) is 0 Å². The highest BCUT2D eigenvalue weighted by atomic mass is 16.1. The van der Waals surface area contributed by atoms with Gasteiger partial charge in [0, 0.05) is 23.6 Å². The Morgan fingerprint density at radius 1 is 1.03 bits per heavy atom.